The molecule has 1 aromatic heterocycles. The van der Waals surface area contributed by atoms with Crippen molar-refractivity contribution in [2.45, 2.75) is 24.3 Å². The van der Waals surface area contributed by atoms with Gasteiger partial charge in [0.1, 0.15) is 22.9 Å². The fourth-order valence-electron chi connectivity index (χ4n) is 4.52. The predicted molar refractivity (Wildman–Crippen MR) is 145 cm³/mol. The maximum Gasteiger partial charge on any atom is 0.303 e. The van der Waals surface area contributed by atoms with Crippen LogP contribution in [0.25, 0.3) is 11.1 Å². The van der Waals surface area contributed by atoms with E-state index in [1.165, 1.54) is 30.8 Å². The SMILES string of the molecule is CC(=O)O[C@@H](CS[C@H]1C(=O)N(c2ccc(-c3cccnc3)cc2)[C@@H]1c1ccc(O)cc1)c1ccc(F)cc1. The van der Waals surface area contributed by atoms with E-state index in [2.05, 4.69) is 4.98 Å². The molecule has 0 spiro atoms. The van der Waals surface area contributed by atoms with Crippen LogP contribution in [-0.4, -0.2) is 33.0 Å². The summed E-state index contributed by atoms with van der Waals surface area (Å²) in [7, 11) is 0. The molecule has 1 N–H and O–H groups in total. The van der Waals surface area contributed by atoms with Gasteiger partial charge in [0.25, 0.3) is 0 Å². The second-order valence-electron chi connectivity index (χ2n) is 8.94. The van der Waals surface area contributed by atoms with Gasteiger partial charge in [-0.05, 0) is 64.7 Å². The minimum atomic E-state index is -0.626. The van der Waals surface area contributed by atoms with Gasteiger partial charge in [0, 0.05) is 30.8 Å². The zero-order valence-electron chi connectivity index (χ0n) is 20.5. The third kappa shape index (κ3) is 5.40. The molecule has 0 radical (unpaired) electrons. The van der Waals surface area contributed by atoms with E-state index in [1.54, 1.807) is 53.7 Å². The molecule has 4 aromatic rings. The van der Waals surface area contributed by atoms with E-state index in [0.717, 1.165) is 22.4 Å². The van der Waals surface area contributed by atoms with Crippen LogP contribution < -0.4 is 4.90 Å². The number of aromatic hydroxyl groups is 1. The third-order valence-corrected chi connectivity index (χ3v) is 7.71. The average Bonchev–Trinajstić information content (AvgIpc) is 2.93. The van der Waals surface area contributed by atoms with Gasteiger partial charge in [-0.25, -0.2) is 4.39 Å². The van der Waals surface area contributed by atoms with Crippen molar-refractivity contribution in [1.82, 2.24) is 4.98 Å². The third-order valence-electron chi connectivity index (χ3n) is 6.40. The maximum absolute atomic E-state index is 13.5. The lowest BCUT2D eigenvalue weighted by atomic mass is 9.92. The van der Waals surface area contributed by atoms with Crippen molar-refractivity contribution in [3.8, 4) is 16.9 Å². The predicted octanol–water partition coefficient (Wildman–Crippen LogP) is 6.09. The lowest BCUT2D eigenvalue weighted by molar-refractivity contribution is -0.145. The van der Waals surface area contributed by atoms with Gasteiger partial charge in [-0.3, -0.25) is 14.6 Å². The molecule has 1 aliphatic rings. The number of pyridine rings is 1. The van der Waals surface area contributed by atoms with Crippen molar-refractivity contribution in [2.75, 3.05) is 10.7 Å². The molecule has 0 unspecified atom stereocenters. The first kappa shape index (κ1) is 25.5. The van der Waals surface area contributed by atoms with Crippen molar-refractivity contribution in [3.63, 3.8) is 0 Å². The number of hydrogen-bond acceptors (Lipinski definition) is 6. The van der Waals surface area contributed by atoms with E-state index in [-0.39, 0.29) is 23.5 Å². The normalized spacial score (nSPS) is 17.5. The highest BCUT2D eigenvalue weighted by Crippen LogP contribution is 2.46. The number of aromatic nitrogens is 1. The zero-order valence-corrected chi connectivity index (χ0v) is 21.3. The Kier molecular flexibility index (Phi) is 7.42. The number of phenolic OH excluding ortho intramolecular Hbond substituents is 1. The molecule has 2 heterocycles. The van der Waals surface area contributed by atoms with E-state index in [1.807, 2.05) is 36.4 Å². The first-order valence-electron chi connectivity index (χ1n) is 12.1. The number of halogens is 1. The molecule has 38 heavy (non-hydrogen) atoms. The quantitative estimate of drug-likeness (QED) is 0.220. The Balaban J connectivity index is 1.39. The molecule has 0 aliphatic carbocycles. The first-order valence-corrected chi connectivity index (χ1v) is 13.1. The second kappa shape index (κ2) is 11.1. The fourth-order valence-corrected chi connectivity index (χ4v) is 5.88. The molecule has 1 amide bonds. The van der Waals surface area contributed by atoms with Gasteiger partial charge in [0.05, 0.1) is 6.04 Å². The summed E-state index contributed by atoms with van der Waals surface area (Å²) in [6.45, 7) is 1.33. The van der Waals surface area contributed by atoms with Gasteiger partial charge in [-0.1, -0.05) is 42.5 Å². The van der Waals surface area contributed by atoms with Crippen LogP contribution in [-0.2, 0) is 14.3 Å². The van der Waals surface area contributed by atoms with Crippen LogP contribution in [0, 0.1) is 5.82 Å². The largest absolute Gasteiger partial charge is 0.508 e. The van der Waals surface area contributed by atoms with Crippen LogP contribution in [0.4, 0.5) is 10.1 Å². The minimum Gasteiger partial charge on any atom is -0.508 e. The summed E-state index contributed by atoms with van der Waals surface area (Å²) in [5, 5.41) is 9.37. The Hall–Kier alpha value is -4.17. The number of nitrogens with zero attached hydrogens (tertiary/aromatic N) is 2. The van der Waals surface area contributed by atoms with E-state index < -0.39 is 17.3 Å². The number of anilines is 1. The summed E-state index contributed by atoms with van der Waals surface area (Å²) < 4.78 is 19.0. The smallest absolute Gasteiger partial charge is 0.303 e. The van der Waals surface area contributed by atoms with Crippen LogP contribution in [0.15, 0.2) is 97.3 Å². The number of esters is 1. The standard InChI is InChI=1S/C30H25FN2O4S/c1-19(34)37-27(21-4-10-24(31)11-5-21)18-38-29-28(22-8-14-26(35)15-9-22)33(30(29)36)25-12-6-20(7-13-25)23-3-2-16-32-17-23/h2-17,27-29,35H,18H2,1H3/t27-,28+,29+/m0/s1. The summed E-state index contributed by atoms with van der Waals surface area (Å²) in [4.78, 5) is 31.1. The molecule has 1 aliphatic heterocycles. The minimum absolute atomic E-state index is 0.0668. The van der Waals surface area contributed by atoms with Crippen molar-refractivity contribution >= 4 is 29.3 Å². The number of phenols is 1. The molecule has 3 atom stereocenters. The molecule has 0 bridgehead atoms. The van der Waals surface area contributed by atoms with Crippen LogP contribution in [0.2, 0.25) is 0 Å². The Morgan fingerprint density at radius 1 is 1.03 bits per heavy atom. The van der Waals surface area contributed by atoms with Crippen LogP contribution in [0.1, 0.15) is 30.2 Å². The lowest BCUT2D eigenvalue weighted by Crippen LogP contribution is -2.57. The van der Waals surface area contributed by atoms with E-state index in [0.29, 0.717) is 11.3 Å². The van der Waals surface area contributed by atoms with Crippen molar-refractivity contribution < 1.29 is 23.8 Å². The summed E-state index contributed by atoms with van der Waals surface area (Å²) in [5.41, 5.74) is 4.26. The number of thioether (sulfide) groups is 1. The highest BCUT2D eigenvalue weighted by atomic mass is 32.2. The fraction of sp³-hybridized carbons (Fsp3) is 0.167. The van der Waals surface area contributed by atoms with E-state index in [4.69, 9.17) is 4.74 Å². The highest BCUT2D eigenvalue weighted by Gasteiger charge is 2.49. The van der Waals surface area contributed by atoms with Gasteiger partial charge in [0.15, 0.2) is 0 Å². The average molecular weight is 529 g/mol. The first-order chi connectivity index (χ1) is 18.4. The number of carbonyl (C=O) groups excluding carboxylic acids is 2. The number of benzene rings is 3. The van der Waals surface area contributed by atoms with Crippen molar-refractivity contribution in [3.05, 3.63) is 114 Å². The van der Waals surface area contributed by atoms with Gasteiger partial charge >= 0.3 is 5.97 Å². The van der Waals surface area contributed by atoms with Crippen molar-refractivity contribution in [2.24, 2.45) is 0 Å². The lowest BCUT2D eigenvalue weighted by Gasteiger charge is -2.47. The zero-order chi connectivity index (χ0) is 26.6. The second-order valence-corrected chi connectivity index (χ2v) is 10.1. The number of ether oxygens (including phenoxy) is 1. The number of hydrogen-bond donors (Lipinski definition) is 1. The molecule has 8 heteroatoms. The molecule has 192 valence electrons. The molecule has 6 nitrogen and oxygen atoms in total. The van der Waals surface area contributed by atoms with Crippen LogP contribution in [0.3, 0.4) is 0 Å². The Morgan fingerprint density at radius 3 is 2.37 bits per heavy atom. The summed E-state index contributed by atoms with van der Waals surface area (Å²) in [5.74, 6) is -0.436. The highest BCUT2D eigenvalue weighted by molar-refractivity contribution is 8.00. The maximum atomic E-state index is 13.5. The molecule has 1 fully saturated rings. The topological polar surface area (TPSA) is 79.7 Å². The Morgan fingerprint density at radius 2 is 1.74 bits per heavy atom. The van der Waals surface area contributed by atoms with Gasteiger partial charge in [-0.2, -0.15) is 0 Å². The Bertz CT molecular complexity index is 1410. The molecule has 1 saturated heterocycles. The molecule has 5 rings (SSSR count). The molecule has 0 saturated carbocycles. The van der Waals surface area contributed by atoms with Gasteiger partial charge in [-0.15, -0.1) is 11.8 Å². The monoisotopic (exact) mass is 528 g/mol. The molecule has 3 aromatic carbocycles. The van der Waals surface area contributed by atoms with Crippen LogP contribution >= 0.6 is 11.8 Å². The van der Waals surface area contributed by atoms with Crippen LogP contribution in [0.5, 0.6) is 5.75 Å². The number of β-lactam (4-membered cyclic amide) rings is 1. The molecular formula is C30H25FN2O4S. The van der Waals surface area contributed by atoms with Gasteiger partial charge < -0.3 is 14.7 Å². The summed E-state index contributed by atoms with van der Waals surface area (Å²) >= 11 is 1.39. The van der Waals surface area contributed by atoms with E-state index >= 15 is 0 Å². The Labute approximate surface area is 224 Å². The van der Waals surface area contributed by atoms with Gasteiger partial charge in [0.2, 0.25) is 5.91 Å². The van der Waals surface area contributed by atoms with Crippen molar-refractivity contribution in [1.29, 1.82) is 0 Å². The number of rotatable bonds is 8. The summed E-state index contributed by atoms with van der Waals surface area (Å²) in [6, 6.07) is 23.9. The van der Waals surface area contributed by atoms with E-state index in [9.17, 15) is 19.1 Å². The molecular weight excluding hydrogens is 503 g/mol. The number of amides is 1. The number of carbonyl (C=O) groups is 2. The summed E-state index contributed by atoms with van der Waals surface area (Å²) in [6.07, 6.45) is 2.88.